The fraction of sp³-hybridized carbons (Fsp3) is 0.500. The molecule has 1 rings (SSSR count). The second-order valence-corrected chi connectivity index (χ2v) is 2.32. The lowest BCUT2D eigenvalue weighted by atomic mass is 9.90. The molecule has 3 heteroatoms. The summed E-state index contributed by atoms with van der Waals surface area (Å²) in [5, 5.41) is 0. The van der Waals surface area contributed by atoms with E-state index in [1.807, 2.05) is 6.92 Å². The van der Waals surface area contributed by atoms with Crippen LogP contribution in [0.15, 0.2) is 11.1 Å². The van der Waals surface area contributed by atoms with Crippen LogP contribution in [0.1, 0.15) is 19.8 Å². The predicted octanol–water partition coefficient (Wildman–Crippen LogP) is 1.48. The first-order valence-electron chi connectivity index (χ1n) is 2.80. The van der Waals surface area contributed by atoms with Crippen LogP contribution in [0.3, 0.4) is 0 Å². The molecule has 0 unspecified atom stereocenters. The number of allylic oxidation sites excluding steroid dienone is 1. The molecule has 0 aliphatic heterocycles. The van der Waals surface area contributed by atoms with Gasteiger partial charge in [0, 0.05) is 18.5 Å². The van der Waals surface area contributed by atoms with E-state index >= 15 is 0 Å². The Kier molecular flexibility index (Phi) is 1.81. The lowest BCUT2D eigenvalue weighted by Gasteiger charge is -2.16. The molecule has 0 heterocycles. The van der Waals surface area contributed by atoms with E-state index in [4.69, 9.17) is 0 Å². The summed E-state index contributed by atoms with van der Waals surface area (Å²) in [6, 6.07) is 0. The van der Waals surface area contributed by atoms with Gasteiger partial charge in [-0.05, 0) is 19.8 Å². The van der Waals surface area contributed by atoms with Gasteiger partial charge in [-0.2, -0.15) is 0 Å². The van der Waals surface area contributed by atoms with E-state index in [0.717, 1.165) is 24.0 Å². The van der Waals surface area contributed by atoms with Crippen LogP contribution in [-0.2, 0) is 8.98 Å². The molecule has 0 amide bonds. The van der Waals surface area contributed by atoms with E-state index in [2.05, 4.69) is 17.1 Å². The summed E-state index contributed by atoms with van der Waals surface area (Å²) >= 11 is 3.40. The summed E-state index contributed by atoms with van der Waals surface area (Å²) in [4.78, 5) is 10.6. The third-order valence-electron chi connectivity index (χ3n) is 1.59. The van der Waals surface area contributed by atoms with E-state index in [9.17, 15) is 4.79 Å². The molecule has 0 N–H and O–H groups in total. The normalized spacial score (nSPS) is 17.1. The van der Waals surface area contributed by atoms with Crippen molar-refractivity contribution in [1.82, 2.24) is 0 Å². The molecule has 0 fully saturated rings. The Balaban J connectivity index is 2.64. The second kappa shape index (κ2) is 2.43. The lowest BCUT2D eigenvalue weighted by molar-refractivity contribution is -0.129. The third-order valence-corrected chi connectivity index (χ3v) is 1.76. The molecule has 0 bridgehead atoms. The molecule has 0 saturated carbocycles. The Labute approximate surface area is 59.5 Å². The Morgan fingerprint density at radius 3 is 2.44 bits per heavy atom. The van der Waals surface area contributed by atoms with E-state index in [1.54, 1.807) is 0 Å². The van der Waals surface area contributed by atoms with Gasteiger partial charge in [-0.1, -0.05) is 5.57 Å². The maximum atomic E-state index is 10.6. The van der Waals surface area contributed by atoms with E-state index in [-0.39, 0.29) is 5.97 Å². The molecule has 9 heavy (non-hydrogen) atoms. The van der Waals surface area contributed by atoms with Crippen LogP contribution < -0.4 is 0 Å². The molecule has 0 saturated heterocycles. The van der Waals surface area contributed by atoms with Crippen molar-refractivity contribution in [2.45, 2.75) is 19.8 Å². The van der Waals surface area contributed by atoms with Crippen LogP contribution in [0.5, 0.6) is 0 Å². The van der Waals surface area contributed by atoms with Crippen LogP contribution in [0.25, 0.3) is 0 Å². The number of hydrogen-bond donors (Lipinski definition) is 1. The van der Waals surface area contributed by atoms with Crippen molar-refractivity contribution in [2.24, 2.45) is 0 Å². The van der Waals surface area contributed by atoms with Gasteiger partial charge in [-0.15, -0.1) is 0 Å². The van der Waals surface area contributed by atoms with Crippen molar-refractivity contribution < 1.29 is 8.98 Å². The molecular formula is C6H8O2S. The summed E-state index contributed by atoms with van der Waals surface area (Å²) in [5.74, 6) is -0.290. The van der Waals surface area contributed by atoms with Gasteiger partial charge in [0.25, 0.3) is 0 Å². The molecule has 1 aliphatic rings. The highest BCUT2D eigenvalue weighted by Crippen LogP contribution is 2.27. The van der Waals surface area contributed by atoms with Gasteiger partial charge in [0.1, 0.15) is 0 Å². The molecule has 1 aliphatic carbocycles. The topological polar surface area (TPSA) is 26.3 Å². The first kappa shape index (κ1) is 6.68. The zero-order valence-electron chi connectivity index (χ0n) is 5.18. The van der Waals surface area contributed by atoms with E-state index < -0.39 is 0 Å². The lowest BCUT2D eigenvalue weighted by Crippen LogP contribution is -2.11. The number of carbonyl (C=O) groups excluding carboxylic acids is 1. The molecular weight excluding hydrogens is 136 g/mol. The van der Waals surface area contributed by atoms with E-state index in [1.165, 1.54) is 0 Å². The van der Waals surface area contributed by atoms with Gasteiger partial charge < -0.3 is 4.18 Å². The monoisotopic (exact) mass is 144 g/mol. The maximum Gasteiger partial charge on any atom is 0.345 e. The van der Waals surface area contributed by atoms with Crippen LogP contribution in [0, 0.1) is 0 Å². The van der Waals surface area contributed by atoms with Crippen molar-refractivity contribution in [1.29, 1.82) is 0 Å². The van der Waals surface area contributed by atoms with Gasteiger partial charge >= 0.3 is 5.97 Å². The predicted molar refractivity (Wildman–Crippen MR) is 37.0 cm³/mol. The van der Waals surface area contributed by atoms with Crippen molar-refractivity contribution in [3.63, 3.8) is 0 Å². The fourth-order valence-corrected chi connectivity index (χ4v) is 0.942. The smallest absolute Gasteiger partial charge is 0.345 e. The van der Waals surface area contributed by atoms with Crippen molar-refractivity contribution in [3.8, 4) is 0 Å². The summed E-state index contributed by atoms with van der Waals surface area (Å²) < 4.78 is 4.22. The van der Waals surface area contributed by atoms with Crippen LogP contribution in [0.2, 0.25) is 0 Å². The Morgan fingerprint density at radius 2 is 2.33 bits per heavy atom. The quantitative estimate of drug-likeness (QED) is 0.445. The van der Waals surface area contributed by atoms with Crippen LogP contribution in [-0.4, -0.2) is 5.97 Å². The van der Waals surface area contributed by atoms with Gasteiger partial charge in [-0.25, -0.2) is 4.79 Å². The first-order chi connectivity index (χ1) is 4.25. The van der Waals surface area contributed by atoms with Crippen molar-refractivity contribution in [2.75, 3.05) is 0 Å². The van der Waals surface area contributed by atoms with Crippen molar-refractivity contribution >= 4 is 18.9 Å². The molecule has 0 radical (unpaired) electrons. The average molecular weight is 144 g/mol. The molecule has 50 valence electrons. The Hall–Kier alpha value is -0.440. The highest BCUT2D eigenvalue weighted by Gasteiger charge is 2.20. The Morgan fingerprint density at radius 1 is 1.67 bits per heavy atom. The minimum atomic E-state index is -0.290. The highest BCUT2D eigenvalue weighted by atomic mass is 32.1. The number of thiol groups is 1. The third kappa shape index (κ3) is 1.10. The standard InChI is InChI=1S/C6H8O2S/c1-4-2-3-5(4)6(7)8-9/h9H,2-3H2,1H3. The largest absolute Gasteiger partial charge is 0.391 e. The number of hydrogen-bond acceptors (Lipinski definition) is 3. The SMILES string of the molecule is CC1=C(C(=O)OS)CC1. The Bertz CT molecular complexity index is 172. The summed E-state index contributed by atoms with van der Waals surface area (Å²) in [7, 11) is 0. The highest BCUT2D eigenvalue weighted by molar-refractivity contribution is 7.75. The first-order valence-corrected chi connectivity index (χ1v) is 3.16. The van der Waals surface area contributed by atoms with Gasteiger partial charge in [0.05, 0.1) is 0 Å². The summed E-state index contributed by atoms with van der Waals surface area (Å²) in [6.45, 7) is 1.93. The van der Waals surface area contributed by atoms with Crippen LogP contribution in [0.4, 0.5) is 0 Å². The average Bonchev–Trinajstić information content (AvgIpc) is 1.84. The minimum absolute atomic E-state index is 0.290. The zero-order chi connectivity index (χ0) is 6.85. The molecule has 2 nitrogen and oxygen atoms in total. The second-order valence-electron chi connectivity index (χ2n) is 2.14. The van der Waals surface area contributed by atoms with Gasteiger partial charge in [-0.3, -0.25) is 0 Å². The fourth-order valence-electron chi connectivity index (χ4n) is 0.831. The number of rotatable bonds is 1. The van der Waals surface area contributed by atoms with Gasteiger partial charge in [0.15, 0.2) is 0 Å². The van der Waals surface area contributed by atoms with Gasteiger partial charge in [0.2, 0.25) is 0 Å². The molecule has 0 atom stereocenters. The summed E-state index contributed by atoms with van der Waals surface area (Å²) in [6.07, 6.45) is 1.88. The molecule has 0 spiro atoms. The molecule has 0 aromatic heterocycles. The van der Waals surface area contributed by atoms with E-state index in [0.29, 0.717) is 0 Å². The molecule has 0 aromatic carbocycles. The van der Waals surface area contributed by atoms with Crippen LogP contribution >= 0.6 is 12.9 Å². The number of carbonyl (C=O) groups is 1. The zero-order valence-corrected chi connectivity index (χ0v) is 6.07. The summed E-state index contributed by atoms with van der Waals surface area (Å²) in [5.41, 5.74) is 1.93. The van der Waals surface area contributed by atoms with Crippen molar-refractivity contribution in [3.05, 3.63) is 11.1 Å². The molecule has 0 aromatic rings. The minimum Gasteiger partial charge on any atom is -0.391 e. The maximum absolute atomic E-state index is 10.6.